The van der Waals surface area contributed by atoms with E-state index in [1.165, 1.54) is 0 Å². The van der Waals surface area contributed by atoms with Crippen molar-refractivity contribution in [3.63, 3.8) is 0 Å². The highest BCUT2D eigenvalue weighted by Crippen LogP contribution is 2.10. The van der Waals surface area contributed by atoms with Crippen molar-refractivity contribution in [1.82, 2.24) is 0 Å². The topological polar surface area (TPSA) is 54.4 Å². The Kier molecular flexibility index (Phi) is 8.12. The van der Waals surface area contributed by atoms with E-state index in [0.29, 0.717) is 6.42 Å². The molecule has 3 heteroatoms. The molecule has 0 aliphatic carbocycles. The van der Waals surface area contributed by atoms with Gasteiger partial charge in [-0.3, -0.25) is 0 Å². The van der Waals surface area contributed by atoms with Crippen molar-refractivity contribution in [3.8, 4) is 0 Å². The van der Waals surface area contributed by atoms with Crippen molar-refractivity contribution in [2.45, 2.75) is 39.0 Å². The summed E-state index contributed by atoms with van der Waals surface area (Å²) in [7, 11) is 0. The molecule has 0 aliphatic heterocycles. The molecule has 1 unspecified atom stereocenters. The molecule has 0 aromatic rings. The van der Waals surface area contributed by atoms with Gasteiger partial charge >= 0.3 is 5.97 Å². The third-order valence-corrected chi connectivity index (χ3v) is 2.37. The Morgan fingerprint density at radius 3 is 2.62 bits per heavy atom. The molecule has 0 fully saturated rings. The van der Waals surface area contributed by atoms with Crippen molar-refractivity contribution in [2.75, 3.05) is 0 Å². The van der Waals surface area contributed by atoms with Gasteiger partial charge in [-0.05, 0) is 12.8 Å². The summed E-state index contributed by atoms with van der Waals surface area (Å²) in [6.07, 6.45) is 8.82. The number of hydrogen-bond acceptors (Lipinski definition) is 2. The van der Waals surface area contributed by atoms with Gasteiger partial charge in [0.25, 0.3) is 0 Å². The molecule has 0 bridgehead atoms. The van der Waals surface area contributed by atoms with Crippen molar-refractivity contribution >= 4 is 12.3 Å². The van der Waals surface area contributed by atoms with E-state index in [9.17, 15) is 9.59 Å². The average molecular weight is 224 g/mol. The van der Waals surface area contributed by atoms with Crippen LogP contribution in [0, 0.1) is 5.92 Å². The quantitative estimate of drug-likeness (QED) is 0.283. The Morgan fingerprint density at radius 2 is 2.12 bits per heavy atom. The van der Waals surface area contributed by atoms with Crippen molar-refractivity contribution in [1.29, 1.82) is 0 Å². The summed E-state index contributed by atoms with van der Waals surface area (Å²) in [6, 6.07) is 0. The zero-order valence-corrected chi connectivity index (χ0v) is 9.82. The third-order valence-electron chi connectivity index (χ3n) is 2.37. The smallest absolute Gasteiger partial charge is 0.331 e. The number of carbonyl (C=O) groups is 2. The van der Waals surface area contributed by atoms with E-state index < -0.39 is 5.97 Å². The van der Waals surface area contributed by atoms with Crippen LogP contribution in [-0.2, 0) is 9.59 Å². The second-order valence-electron chi connectivity index (χ2n) is 3.84. The Hall–Kier alpha value is -1.38. The summed E-state index contributed by atoms with van der Waals surface area (Å²) in [5, 5.41) is 8.57. The third kappa shape index (κ3) is 6.98. The molecule has 0 spiro atoms. The van der Waals surface area contributed by atoms with Crippen LogP contribution in [0.2, 0.25) is 0 Å². The van der Waals surface area contributed by atoms with Crippen LogP contribution in [0.15, 0.2) is 24.3 Å². The highest BCUT2D eigenvalue weighted by molar-refractivity contribution is 5.86. The molecule has 0 aliphatic rings. The fourth-order valence-corrected chi connectivity index (χ4v) is 1.31. The molecule has 0 amide bonds. The van der Waals surface area contributed by atoms with Crippen LogP contribution in [0.1, 0.15) is 39.0 Å². The van der Waals surface area contributed by atoms with Gasteiger partial charge in [-0.1, -0.05) is 44.9 Å². The van der Waals surface area contributed by atoms with Crippen molar-refractivity contribution in [2.24, 2.45) is 5.92 Å². The number of carboxylic acids is 1. The zero-order valence-electron chi connectivity index (χ0n) is 9.82. The van der Waals surface area contributed by atoms with E-state index in [0.717, 1.165) is 32.0 Å². The molecule has 0 rings (SSSR count). The molecular formula is C13H20O3. The van der Waals surface area contributed by atoms with Gasteiger partial charge in [0.2, 0.25) is 0 Å². The van der Waals surface area contributed by atoms with Gasteiger partial charge in [0.15, 0.2) is 0 Å². The minimum Gasteiger partial charge on any atom is -0.478 e. The largest absolute Gasteiger partial charge is 0.478 e. The number of carboxylic acid groups (broad SMARTS) is 1. The maximum Gasteiger partial charge on any atom is 0.331 e. The minimum absolute atomic E-state index is 0.0897. The molecule has 3 nitrogen and oxygen atoms in total. The number of hydrogen-bond donors (Lipinski definition) is 1. The Morgan fingerprint density at radius 1 is 1.44 bits per heavy atom. The maximum atomic E-state index is 10.7. The minimum atomic E-state index is -0.988. The van der Waals surface area contributed by atoms with Crippen molar-refractivity contribution < 1.29 is 14.7 Å². The van der Waals surface area contributed by atoms with Crippen LogP contribution in [-0.4, -0.2) is 17.4 Å². The van der Waals surface area contributed by atoms with E-state index in [2.05, 4.69) is 13.5 Å². The summed E-state index contributed by atoms with van der Waals surface area (Å²) in [6.45, 7) is 5.53. The summed E-state index contributed by atoms with van der Waals surface area (Å²) in [4.78, 5) is 21.2. The van der Waals surface area contributed by atoms with Gasteiger partial charge in [0.05, 0.1) is 0 Å². The Labute approximate surface area is 96.9 Å². The molecule has 90 valence electrons. The maximum absolute atomic E-state index is 10.7. The second-order valence-corrected chi connectivity index (χ2v) is 3.84. The molecule has 0 radical (unpaired) electrons. The molecule has 0 aromatic carbocycles. The van der Waals surface area contributed by atoms with Gasteiger partial charge in [-0.2, -0.15) is 0 Å². The summed E-state index contributed by atoms with van der Waals surface area (Å²) in [5.41, 5.74) is 0.148. The normalized spacial score (nSPS) is 12.6. The molecule has 1 N–H and O–H groups in total. The molecule has 0 aromatic heterocycles. The monoisotopic (exact) mass is 224 g/mol. The standard InChI is InChI=1S/C13H20O3/c1-3-4-5-8-12(10-14)9-6-7-11(2)13(15)16/h6,9-10,12H,2-5,7-8H2,1H3,(H,15,16). The first kappa shape index (κ1) is 14.6. The van der Waals surface area contributed by atoms with Gasteiger partial charge < -0.3 is 9.90 Å². The number of aldehydes is 1. The van der Waals surface area contributed by atoms with Crippen LogP contribution >= 0.6 is 0 Å². The van der Waals surface area contributed by atoms with E-state index in [4.69, 9.17) is 5.11 Å². The highest BCUT2D eigenvalue weighted by atomic mass is 16.4. The fraction of sp³-hybridized carbons (Fsp3) is 0.538. The molecule has 1 atom stereocenters. The predicted molar refractivity (Wildman–Crippen MR) is 64.2 cm³/mol. The van der Waals surface area contributed by atoms with E-state index in [1.807, 2.05) is 0 Å². The Bertz CT molecular complexity index is 266. The number of aliphatic carboxylic acids is 1. The number of allylic oxidation sites excluding steroid dienone is 2. The summed E-state index contributed by atoms with van der Waals surface area (Å²) >= 11 is 0. The molecular weight excluding hydrogens is 204 g/mol. The zero-order chi connectivity index (χ0) is 12.4. The average Bonchev–Trinajstić information content (AvgIpc) is 2.26. The van der Waals surface area contributed by atoms with E-state index in [1.54, 1.807) is 12.2 Å². The van der Waals surface area contributed by atoms with Crippen molar-refractivity contribution in [3.05, 3.63) is 24.3 Å². The van der Waals surface area contributed by atoms with Crippen LogP contribution in [0.5, 0.6) is 0 Å². The van der Waals surface area contributed by atoms with Gasteiger partial charge in [-0.25, -0.2) is 4.79 Å². The lowest BCUT2D eigenvalue weighted by Crippen LogP contribution is -1.99. The van der Waals surface area contributed by atoms with Crippen LogP contribution in [0.4, 0.5) is 0 Å². The number of carbonyl (C=O) groups excluding carboxylic acids is 1. The lowest BCUT2D eigenvalue weighted by Gasteiger charge is -2.03. The lowest BCUT2D eigenvalue weighted by atomic mass is 10.0. The van der Waals surface area contributed by atoms with Crippen LogP contribution < -0.4 is 0 Å². The first-order chi connectivity index (χ1) is 7.61. The molecule has 0 saturated carbocycles. The number of unbranched alkanes of at least 4 members (excludes halogenated alkanes) is 2. The Balaban J connectivity index is 3.92. The highest BCUT2D eigenvalue weighted by Gasteiger charge is 2.03. The molecule has 16 heavy (non-hydrogen) atoms. The summed E-state index contributed by atoms with van der Waals surface area (Å²) in [5.74, 6) is -1.08. The lowest BCUT2D eigenvalue weighted by molar-refractivity contribution is -0.132. The SMILES string of the molecule is C=C(CC=CC(C=O)CCCCC)C(=O)O. The first-order valence-electron chi connectivity index (χ1n) is 5.64. The first-order valence-corrected chi connectivity index (χ1v) is 5.64. The van der Waals surface area contributed by atoms with Gasteiger partial charge in [0.1, 0.15) is 6.29 Å². The fourth-order valence-electron chi connectivity index (χ4n) is 1.31. The van der Waals surface area contributed by atoms with E-state index >= 15 is 0 Å². The van der Waals surface area contributed by atoms with E-state index in [-0.39, 0.29) is 11.5 Å². The summed E-state index contributed by atoms with van der Waals surface area (Å²) < 4.78 is 0. The van der Waals surface area contributed by atoms with Gasteiger partial charge in [0, 0.05) is 11.5 Å². The van der Waals surface area contributed by atoms with Crippen LogP contribution in [0.25, 0.3) is 0 Å². The molecule has 0 saturated heterocycles. The van der Waals surface area contributed by atoms with Crippen LogP contribution in [0.3, 0.4) is 0 Å². The molecule has 0 heterocycles. The second kappa shape index (κ2) is 8.89. The van der Waals surface area contributed by atoms with Gasteiger partial charge in [-0.15, -0.1) is 0 Å². The number of rotatable bonds is 9. The predicted octanol–water partition coefficient (Wildman–Crippen LogP) is 2.97.